The van der Waals surface area contributed by atoms with Crippen LogP contribution in [0.3, 0.4) is 0 Å². The third-order valence-corrected chi connectivity index (χ3v) is 6.87. The van der Waals surface area contributed by atoms with Crippen LogP contribution < -0.4 is 0 Å². The summed E-state index contributed by atoms with van der Waals surface area (Å²) in [6.45, 7) is 7.58. The zero-order valence-corrected chi connectivity index (χ0v) is 15.8. The summed E-state index contributed by atoms with van der Waals surface area (Å²) in [6, 6.07) is 1.74. The fraction of sp³-hybridized carbons (Fsp3) is 0.611. The van der Waals surface area contributed by atoms with Crippen LogP contribution in [0.25, 0.3) is 0 Å². The van der Waals surface area contributed by atoms with Crippen molar-refractivity contribution in [2.45, 2.75) is 51.2 Å². The van der Waals surface area contributed by atoms with E-state index in [1.54, 1.807) is 13.0 Å². The predicted molar refractivity (Wildman–Crippen MR) is 92.0 cm³/mol. The van der Waals surface area contributed by atoms with E-state index in [-0.39, 0.29) is 23.1 Å². The molecule has 5 nitrogen and oxygen atoms in total. The molecule has 1 aromatic carbocycles. The van der Waals surface area contributed by atoms with Gasteiger partial charge in [-0.1, -0.05) is 35.8 Å². The van der Waals surface area contributed by atoms with Gasteiger partial charge in [-0.15, -0.1) is 0 Å². The van der Waals surface area contributed by atoms with Crippen molar-refractivity contribution in [2.24, 2.45) is 17.3 Å². The Balaban J connectivity index is 2.32. The van der Waals surface area contributed by atoms with E-state index in [1.165, 1.54) is 0 Å². The molecular weight excluding hydrogens is 376 g/mol. The molecule has 0 spiro atoms. The quantitative estimate of drug-likeness (QED) is 0.384. The van der Waals surface area contributed by atoms with Crippen LogP contribution in [0.4, 0.5) is 0 Å². The number of rotatable bonds is 1. The Labute approximate surface area is 149 Å². The molecular formula is C18H23BrO5. The normalized spacial score (nSPS) is 35.4. The number of carbonyl (C=O) groups excluding carboxylic acids is 1. The first-order valence-corrected chi connectivity index (χ1v) is 9.10. The summed E-state index contributed by atoms with van der Waals surface area (Å²) in [5.74, 6) is -3.27. The van der Waals surface area contributed by atoms with Crippen LogP contribution in [-0.4, -0.2) is 26.1 Å². The van der Waals surface area contributed by atoms with E-state index in [4.69, 9.17) is 4.74 Å². The van der Waals surface area contributed by atoms with Crippen molar-refractivity contribution < 1.29 is 24.9 Å². The summed E-state index contributed by atoms with van der Waals surface area (Å²) in [5.41, 5.74) is 0.575. The largest absolute Gasteiger partial charge is 0.504 e. The van der Waals surface area contributed by atoms with Gasteiger partial charge in [-0.2, -0.15) is 0 Å². The number of aliphatic hydroxyl groups is 1. The van der Waals surface area contributed by atoms with Gasteiger partial charge < -0.3 is 20.1 Å². The van der Waals surface area contributed by atoms with Gasteiger partial charge in [0.05, 0.1) is 15.8 Å². The van der Waals surface area contributed by atoms with E-state index in [0.29, 0.717) is 24.0 Å². The van der Waals surface area contributed by atoms with Crippen molar-refractivity contribution >= 4 is 21.9 Å². The maximum absolute atomic E-state index is 12.7. The average Bonchev–Trinajstić information content (AvgIpc) is 2.47. The number of benzene rings is 1. The molecule has 2 bridgehead atoms. The van der Waals surface area contributed by atoms with Crippen molar-refractivity contribution in [2.75, 3.05) is 0 Å². The first kappa shape index (κ1) is 17.5. The monoisotopic (exact) mass is 398 g/mol. The Bertz CT molecular complexity index is 716. The molecule has 4 atom stereocenters. The molecule has 1 aliphatic carbocycles. The van der Waals surface area contributed by atoms with E-state index >= 15 is 0 Å². The Morgan fingerprint density at radius 1 is 1.33 bits per heavy atom. The Morgan fingerprint density at radius 2 is 1.96 bits per heavy atom. The second-order valence-corrected chi connectivity index (χ2v) is 8.59. The van der Waals surface area contributed by atoms with Gasteiger partial charge in [0.1, 0.15) is 0 Å². The Hall–Kier alpha value is -1.27. The van der Waals surface area contributed by atoms with Crippen LogP contribution in [-0.2, 0) is 21.7 Å². The standard InChI is InChI=1S/C18H23BrO5/c1-8(2)11-15(19)18(23)12-10(7-9(3)13(20)14(12)21)5-6-17(11,4)16(22)24-18/h7-8,11,15,20-21,23H,5-6H2,1-4H3/t11-,15+,17?,18?/m0/s1. The molecule has 0 saturated carbocycles. The molecule has 1 fully saturated rings. The van der Waals surface area contributed by atoms with Gasteiger partial charge in [0.15, 0.2) is 11.5 Å². The lowest BCUT2D eigenvalue weighted by Crippen LogP contribution is -2.61. The molecule has 0 amide bonds. The predicted octanol–water partition coefficient (Wildman–Crippen LogP) is 3.10. The summed E-state index contributed by atoms with van der Waals surface area (Å²) in [6.07, 6.45) is 1.06. The van der Waals surface area contributed by atoms with E-state index in [2.05, 4.69) is 15.9 Å². The van der Waals surface area contributed by atoms with Crippen LogP contribution in [0, 0.1) is 24.2 Å². The molecule has 1 aromatic rings. The van der Waals surface area contributed by atoms with Crippen LogP contribution in [0.15, 0.2) is 6.07 Å². The van der Waals surface area contributed by atoms with Gasteiger partial charge >= 0.3 is 5.97 Å². The Morgan fingerprint density at radius 3 is 2.54 bits per heavy atom. The maximum atomic E-state index is 12.7. The lowest BCUT2D eigenvalue weighted by molar-refractivity contribution is -0.258. The van der Waals surface area contributed by atoms with Crippen molar-refractivity contribution in [3.8, 4) is 11.5 Å². The highest BCUT2D eigenvalue weighted by atomic mass is 79.9. The number of phenols is 2. The summed E-state index contributed by atoms with van der Waals surface area (Å²) < 4.78 is 5.47. The zero-order valence-electron chi connectivity index (χ0n) is 14.3. The molecule has 4 rings (SSSR count). The van der Waals surface area contributed by atoms with E-state index in [9.17, 15) is 20.1 Å². The van der Waals surface area contributed by atoms with E-state index in [1.807, 2.05) is 20.8 Å². The molecule has 132 valence electrons. The minimum Gasteiger partial charge on any atom is -0.504 e. The smallest absolute Gasteiger partial charge is 0.314 e. The number of phenolic OH excluding ortho intramolecular Hbond substituents is 2. The number of hydrogen-bond acceptors (Lipinski definition) is 5. The third kappa shape index (κ3) is 2.12. The fourth-order valence-electron chi connectivity index (χ4n) is 4.40. The number of carbonyl (C=O) groups is 1. The van der Waals surface area contributed by atoms with Crippen LogP contribution in [0.2, 0.25) is 0 Å². The van der Waals surface area contributed by atoms with Gasteiger partial charge in [-0.25, -0.2) is 0 Å². The summed E-state index contributed by atoms with van der Waals surface area (Å²) in [4.78, 5) is 12.1. The van der Waals surface area contributed by atoms with Crippen LogP contribution in [0.1, 0.15) is 43.9 Å². The number of aryl methyl sites for hydroxylation is 2. The molecule has 0 radical (unpaired) electrons. The molecule has 3 aliphatic rings. The van der Waals surface area contributed by atoms with Gasteiger partial charge in [-0.3, -0.25) is 4.79 Å². The summed E-state index contributed by atoms with van der Waals surface area (Å²) in [5, 5.41) is 31.9. The minimum absolute atomic E-state index is 0.0909. The lowest BCUT2D eigenvalue weighted by Gasteiger charge is -2.53. The number of alkyl halides is 1. The van der Waals surface area contributed by atoms with Crippen molar-refractivity contribution in [3.63, 3.8) is 0 Å². The van der Waals surface area contributed by atoms with E-state index < -0.39 is 27.7 Å². The SMILES string of the molecule is Cc1cc2c(c(O)c1O)C1(O)OC(=O)C(C)(CC2)[C@@H](C(C)C)[C@H]1Br. The molecule has 2 unspecified atom stereocenters. The molecule has 2 aliphatic heterocycles. The number of halogens is 1. The first-order chi connectivity index (χ1) is 11.0. The number of aromatic hydroxyl groups is 2. The molecule has 0 aromatic heterocycles. The Kier molecular flexibility index (Phi) is 3.92. The average molecular weight is 399 g/mol. The van der Waals surface area contributed by atoms with Crippen molar-refractivity contribution in [1.29, 1.82) is 0 Å². The van der Waals surface area contributed by atoms with Gasteiger partial charge in [0, 0.05) is 0 Å². The topological polar surface area (TPSA) is 87.0 Å². The maximum Gasteiger partial charge on any atom is 0.314 e. The number of ether oxygens (including phenoxy) is 1. The van der Waals surface area contributed by atoms with Gasteiger partial charge in [0.25, 0.3) is 5.79 Å². The van der Waals surface area contributed by atoms with Crippen molar-refractivity contribution in [1.82, 2.24) is 0 Å². The third-order valence-electron chi connectivity index (χ3n) is 5.68. The molecule has 24 heavy (non-hydrogen) atoms. The fourth-order valence-corrected chi connectivity index (χ4v) is 5.91. The van der Waals surface area contributed by atoms with E-state index in [0.717, 1.165) is 0 Å². The molecule has 3 N–H and O–H groups in total. The van der Waals surface area contributed by atoms with Crippen LogP contribution in [0.5, 0.6) is 11.5 Å². The van der Waals surface area contributed by atoms with Crippen molar-refractivity contribution in [3.05, 3.63) is 22.8 Å². The van der Waals surface area contributed by atoms with Gasteiger partial charge in [-0.05, 0) is 49.7 Å². The minimum atomic E-state index is -2.02. The summed E-state index contributed by atoms with van der Waals surface area (Å²) >= 11 is 3.54. The highest BCUT2D eigenvalue weighted by Crippen LogP contribution is 2.58. The highest BCUT2D eigenvalue weighted by molar-refractivity contribution is 9.09. The zero-order chi connectivity index (χ0) is 18.0. The lowest BCUT2D eigenvalue weighted by atomic mass is 9.61. The second-order valence-electron chi connectivity index (χ2n) is 7.60. The van der Waals surface area contributed by atoms with Crippen LogP contribution >= 0.6 is 15.9 Å². The number of hydrogen-bond donors (Lipinski definition) is 3. The summed E-state index contributed by atoms with van der Waals surface area (Å²) in [7, 11) is 0. The first-order valence-electron chi connectivity index (χ1n) is 8.18. The molecule has 6 heteroatoms. The number of esters is 1. The highest BCUT2D eigenvalue weighted by Gasteiger charge is 2.63. The van der Waals surface area contributed by atoms with Gasteiger partial charge in [0.2, 0.25) is 0 Å². The molecule has 1 saturated heterocycles. The number of fused-ring (bicyclic) bond motifs is 3. The molecule has 2 heterocycles. The second kappa shape index (κ2) is 5.36.